The van der Waals surface area contributed by atoms with Crippen molar-refractivity contribution in [3.8, 4) is 17.1 Å². The molecule has 0 saturated carbocycles. The van der Waals surface area contributed by atoms with Gasteiger partial charge in [-0.05, 0) is 12.1 Å². The molecule has 1 aromatic heterocycles. The molecule has 0 unspecified atom stereocenters. The molecule has 194 valence electrons. The van der Waals surface area contributed by atoms with E-state index >= 15 is 0 Å². The van der Waals surface area contributed by atoms with E-state index in [0.717, 1.165) is 43.2 Å². The zero-order valence-electron chi connectivity index (χ0n) is 21.2. The molecule has 1 saturated heterocycles. The van der Waals surface area contributed by atoms with Crippen LogP contribution in [0.15, 0.2) is 60.7 Å². The van der Waals surface area contributed by atoms with Crippen LogP contribution in [0.5, 0.6) is 5.75 Å². The maximum Gasteiger partial charge on any atom is 0.239 e. The van der Waals surface area contributed by atoms with Crippen molar-refractivity contribution >= 4 is 29.1 Å². The highest BCUT2D eigenvalue weighted by molar-refractivity contribution is 5.92. The molecule has 0 radical (unpaired) electrons. The maximum absolute atomic E-state index is 12.9. The summed E-state index contributed by atoms with van der Waals surface area (Å²) in [6.45, 7) is 5.92. The van der Waals surface area contributed by atoms with Crippen molar-refractivity contribution in [2.24, 2.45) is 0 Å². The van der Waals surface area contributed by atoms with Crippen LogP contribution in [0.1, 0.15) is 6.92 Å². The van der Waals surface area contributed by atoms with E-state index in [1.807, 2.05) is 48.5 Å². The van der Waals surface area contributed by atoms with E-state index in [1.165, 1.54) is 6.92 Å². The highest BCUT2D eigenvalue weighted by Gasteiger charge is 2.20. The summed E-state index contributed by atoms with van der Waals surface area (Å²) in [7, 11) is 1.67. The number of ether oxygens (including phenoxy) is 1. The van der Waals surface area contributed by atoms with Gasteiger partial charge in [0.15, 0.2) is 5.82 Å². The van der Waals surface area contributed by atoms with E-state index in [-0.39, 0.29) is 18.4 Å². The largest absolute Gasteiger partial charge is 0.497 e. The number of amides is 2. The lowest BCUT2D eigenvalue weighted by atomic mass is 10.2. The average Bonchev–Trinajstić information content (AvgIpc) is 2.92. The number of carbonyl (C=O) groups excluding carboxylic acids is 2. The summed E-state index contributed by atoms with van der Waals surface area (Å²) in [6, 6.07) is 19.3. The minimum atomic E-state index is -0.128. The second kappa shape index (κ2) is 12.7. The molecule has 2 aromatic carbocycles. The van der Waals surface area contributed by atoms with Crippen molar-refractivity contribution in [3.63, 3.8) is 0 Å². The number of carbonyl (C=O) groups is 2. The van der Waals surface area contributed by atoms with Crippen LogP contribution in [0.4, 0.5) is 17.3 Å². The lowest BCUT2D eigenvalue weighted by Crippen LogP contribution is -2.48. The number of nitrogens with one attached hydrogen (secondary N) is 3. The minimum Gasteiger partial charge on any atom is -0.497 e. The van der Waals surface area contributed by atoms with Crippen molar-refractivity contribution in [2.45, 2.75) is 6.92 Å². The summed E-state index contributed by atoms with van der Waals surface area (Å²) < 4.78 is 5.34. The summed E-state index contributed by atoms with van der Waals surface area (Å²) in [5, 5.41) is 8.87. The first-order valence-electron chi connectivity index (χ1n) is 12.3. The summed E-state index contributed by atoms with van der Waals surface area (Å²) in [6.07, 6.45) is 0. The van der Waals surface area contributed by atoms with Crippen LogP contribution in [-0.4, -0.2) is 79.6 Å². The molecule has 0 aliphatic carbocycles. The molecule has 1 aliphatic heterocycles. The van der Waals surface area contributed by atoms with E-state index in [9.17, 15) is 9.59 Å². The molecule has 2 amide bonds. The van der Waals surface area contributed by atoms with Gasteiger partial charge in [-0.15, -0.1) is 0 Å². The van der Waals surface area contributed by atoms with Gasteiger partial charge in [-0.25, -0.2) is 9.97 Å². The monoisotopic (exact) mass is 503 g/mol. The van der Waals surface area contributed by atoms with Crippen LogP contribution >= 0.6 is 0 Å². The van der Waals surface area contributed by atoms with E-state index in [2.05, 4.69) is 41.8 Å². The number of aromatic nitrogens is 2. The third-order valence-corrected chi connectivity index (χ3v) is 5.99. The number of methoxy groups -OCH3 is 1. The Morgan fingerprint density at radius 3 is 2.41 bits per heavy atom. The molecular weight excluding hydrogens is 470 g/mol. The van der Waals surface area contributed by atoms with Gasteiger partial charge in [0.25, 0.3) is 0 Å². The number of nitrogens with zero attached hydrogens (tertiary/aromatic N) is 4. The van der Waals surface area contributed by atoms with Crippen molar-refractivity contribution < 1.29 is 14.3 Å². The van der Waals surface area contributed by atoms with Crippen LogP contribution in [0.25, 0.3) is 11.4 Å². The fraction of sp³-hybridized carbons (Fsp3) is 0.333. The Labute approximate surface area is 217 Å². The third-order valence-electron chi connectivity index (χ3n) is 5.99. The lowest BCUT2D eigenvalue weighted by molar-refractivity contribution is -0.119. The van der Waals surface area contributed by atoms with E-state index in [4.69, 9.17) is 4.74 Å². The van der Waals surface area contributed by atoms with E-state index in [1.54, 1.807) is 13.2 Å². The quantitative estimate of drug-likeness (QED) is 0.362. The second-order valence-electron chi connectivity index (χ2n) is 8.75. The molecular formula is C27H33N7O3. The number of hydrogen-bond acceptors (Lipinski definition) is 8. The van der Waals surface area contributed by atoms with Crippen molar-refractivity contribution in [1.29, 1.82) is 0 Å². The Kier molecular flexibility index (Phi) is 8.88. The molecule has 4 rings (SSSR count). The summed E-state index contributed by atoms with van der Waals surface area (Å²) in [4.78, 5) is 37.6. The normalized spacial score (nSPS) is 13.6. The van der Waals surface area contributed by atoms with Gasteiger partial charge in [-0.2, -0.15) is 0 Å². The first kappa shape index (κ1) is 25.9. The van der Waals surface area contributed by atoms with Gasteiger partial charge in [-0.3, -0.25) is 14.5 Å². The highest BCUT2D eigenvalue weighted by atomic mass is 16.5. The molecule has 37 heavy (non-hydrogen) atoms. The predicted octanol–water partition coefficient (Wildman–Crippen LogP) is 2.46. The standard InChI is InChI=1S/C27H33N7O3/c1-20(35)28-11-12-29-24-18-25(32-27(31-24)21-7-4-3-5-8-21)30-26(36)19-33-13-15-34(16-14-33)22-9-6-10-23(17-22)37-2/h3-10,17-18H,11-16,19H2,1-2H3,(H,28,35)(H2,29,30,31,32,36). The third kappa shape index (κ3) is 7.65. The van der Waals surface area contributed by atoms with Gasteiger partial charge < -0.3 is 25.6 Å². The highest BCUT2D eigenvalue weighted by Crippen LogP contribution is 2.23. The molecule has 1 fully saturated rings. The first-order chi connectivity index (χ1) is 18.0. The lowest BCUT2D eigenvalue weighted by Gasteiger charge is -2.35. The number of hydrogen-bond donors (Lipinski definition) is 3. The Balaban J connectivity index is 1.36. The first-order valence-corrected chi connectivity index (χ1v) is 12.3. The van der Waals surface area contributed by atoms with E-state index < -0.39 is 0 Å². The Hall–Kier alpha value is -4.18. The maximum atomic E-state index is 12.9. The van der Waals surface area contributed by atoms with Gasteiger partial charge in [0.2, 0.25) is 11.8 Å². The van der Waals surface area contributed by atoms with Crippen molar-refractivity contribution in [3.05, 3.63) is 60.7 Å². The summed E-state index contributed by atoms with van der Waals surface area (Å²) in [5.74, 6) is 2.12. The molecule has 2 heterocycles. The summed E-state index contributed by atoms with van der Waals surface area (Å²) in [5.41, 5.74) is 1.97. The molecule has 10 heteroatoms. The van der Waals surface area contributed by atoms with Gasteiger partial charge in [0.1, 0.15) is 17.4 Å². The summed E-state index contributed by atoms with van der Waals surface area (Å²) >= 11 is 0. The topological polar surface area (TPSA) is 112 Å². The molecule has 1 aliphatic rings. The zero-order valence-corrected chi connectivity index (χ0v) is 21.2. The Bertz CT molecular complexity index is 1200. The van der Waals surface area contributed by atoms with Crippen LogP contribution in [-0.2, 0) is 9.59 Å². The van der Waals surface area contributed by atoms with Gasteiger partial charge in [0, 0.05) is 69.6 Å². The predicted molar refractivity (Wildman–Crippen MR) is 145 cm³/mol. The van der Waals surface area contributed by atoms with Gasteiger partial charge >= 0.3 is 0 Å². The smallest absolute Gasteiger partial charge is 0.239 e. The van der Waals surface area contributed by atoms with Gasteiger partial charge in [0.05, 0.1) is 13.7 Å². The van der Waals surface area contributed by atoms with Crippen molar-refractivity contribution in [2.75, 3.05) is 68.5 Å². The van der Waals surface area contributed by atoms with Crippen LogP contribution < -0.4 is 25.6 Å². The SMILES string of the molecule is COc1cccc(N2CCN(CC(=O)Nc3cc(NCCNC(C)=O)nc(-c4ccccc4)n3)CC2)c1. The minimum absolute atomic E-state index is 0.0910. The fourth-order valence-corrected chi connectivity index (χ4v) is 4.10. The van der Waals surface area contributed by atoms with E-state index in [0.29, 0.717) is 30.5 Å². The van der Waals surface area contributed by atoms with Crippen LogP contribution in [0, 0.1) is 0 Å². The zero-order chi connectivity index (χ0) is 26.0. The average molecular weight is 504 g/mol. The molecule has 3 N–H and O–H groups in total. The molecule has 3 aromatic rings. The number of anilines is 3. The Morgan fingerprint density at radius 2 is 1.68 bits per heavy atom. The van der Waals surface area contributed by atoms with Crippen molar-refractivity contribution in [1.82, 2.24) is 20.2 Å². The Morgan fingerprint density at radius 1 is 0.919 bits per heavy atom. The number of rotatable bonds is 10. The van der Waals surface area contributed by atoms with Gasteiger partial charge in [-0.1, -0.05) is 36.4 Å². The fourth-order valence-electron chi connectivity index (χ4n) is 4.10. The number of piperazine rings is 1. The molecule has 10 nitrogen and oxygen atoms in total. The van der Waals surface area contributed by atoms with Crippen LogP contribution in [0.3, 0.4) is 0 Å². The molecule has 0 spiro atoms. The van der Waals surface area contributed by atoms with Crippen LogP contribution in [0.2, 0.25) is 0 Å². The molecule has 0 atom stereocenters. The molecule has 0 bridgehead atoms. The number of benzene rings is 2. The second-order valence-corrected chi connectivity index (χ2v) is 8.75.